The third kappa shape index (κ3) is 6.96. The van der Waals surface area contributed by atoms with Gasteiger partial charge in [-0.2, -0.15) is 0 Å². The van der Waals surface area contributed by atoms with Crippen molar-refractivity contribution in [2.24, 2.45) is 5.92 Å². The van der Waals surface area contributed by atoms with E-state index in [-0.39, 0.29) is 10.6 Å². The fraction of sp³-hybridized carbons (Fsp3) is 0.522. The maximum atomic E-state index is 12.7. The van der Waals surface area contributed by atoms with E-state index in [0.717, 1.165) is 31.5 Å². The quantitative estimate of drug-likeness (QED) is 0.460. The molecule has 2 heterocycles. The largest absolute Gasteiger partial charge is 0.366 e. The zero-order valence-electron chi connectivity index (χ0n) is 19.7. The molecule has 1 fully saturated rings. The Kier molecular flexibility index (Phi) is 7.71. The first-order chi connectivity index (χ1) is 15.4. The number of hydrogen-bond donors (Lipinski definition) is 1. The number of pyridine rings is 1. The molecule has 33 heavy (non-hydrogen) atoms. The molecule has 9 nitrogen and oxygen atoms in total. The number of nitrogens with one attached hydrogen (secondary N) is 1. The van der Waals surface area contributed by atoms with Crippen molar-refractivity contribution in [3.05, 3.63) is 58.4 Å². The fourth-order valence-corrected chi connectivity index (χ4v) is 5.73. The summed E-state index contributed by atoms with van der Waals surface area (Å²) in [5, 5.41) is 11.8. The van der Waals surface area contributed by atoms with Crippen LogP contribution in [0.5, 0.6) is 0 Å². The van der Waals surface area contributed by atoms with E-state index in [9.17, 15) is 18.5 Å². The number of sulfonamides is 1. The van der Waals surface area contributed by atoms with Gasteiger partial charge in [0.25, 0.3) is 5.69 Å². The van der Waals surface area contributed by atoms with Crippen molar-refractivity contribution in [1.29, 1.82) is 0 Å². The number of hydrogen-bond acceptors (Lipinski definition) is 7. The average molecular weight is 476 g/mol. The highest BCUT2D eigenvalue weighted by Gasteiger charge is 2.29. The highest BCUT2D eigenvalue weighted by Crippen LogP contribution is 2.34. The lowest BCUT2D eigenvalue weighted by atomic mass is 9.96. The van der Waals surface area contributed by atoms with E-state index in [0.29, 0.717) is 24.7 Å². The smallest absolute Gasteiger partial charge is 0.293 e. The van der Waals surface area contributed by atoms with Crippen LogP contribution in [0.2, 0.25) is 0 Å². The van der Waals surface area contributed by atoms with E-state index in [4.69, 9.17) is 0 Å². The number of piperidine rings is 1. The summed E-state index contributed by atoms with van der Waals surface area (Å²) in [7, 11) is -1.80. The fourth-order valence-electron chi connectivity index (χ4n) is 4.29. The molecule has 1 aliphatic rings. The summed E-state index contributed by atoms with van der Waals surface area (Å²) in [4.78, 5) is 19.7. The molecule has 0 amide bonds. The third-order valence-corrected chi connectivity index (χ3v) is 7.25. The first-order valence-corrected chi connectivity index (χ1v) is 12.6. The monoisotopic (exact) mass is 475 g/mol. The van der Waals surface area contributed by atoms with Crippen LogP contribution in [-0.4, -0.2) is 55.4 Å². The molecule has 1 aromatic heterocycles. The maximum absolute atomic E-state index is 12.7. The minimum absolute atomic E-state index is 0.0994. The van der Waals surface area contributed by atoms with Gasteiger partial charge in [0.2, 0.25) is 10.0 Å². The van der Waals surface area contributed by atoms with Crippen molar-refractivity contribution in [3.8, 4) is 0 Å². The summed E-state index contributed by atoms with van der Waals surface area (Å²) in [6.07, 6.45) is 5.58. The van der Waals surface area contributed by atoms with Crippen LogP contribution in [0.15, 0.2) is 47.6 Å². The average Bonchev–Trinajstić information content (AvgIpc) is 2.72. The molecule has 10 heteroatoms. The van der Waals surface area contributed by atoms with Gasteiger partial charge in [-0.15, -0.1) is 0 Å². The zero-order chi connectivity index (χ0) is 24.2. The van der Waals surface area contributed by atoms with Gasteiger partial charge >= 0.3 is 0 Å². The highest BCUT2D eigenvalue weighted by molar-refractivity contribution is 7.89. The minimum Gasteiger partial charge on any atom is -0.366 e. The molecule has 1 saturated heterocycles. The molecule has 0 unspecified atom stereocenters. The van der Waals surface area contributed by atoms with E-state index >= 15 is 0 Å². The van der Waals surface area contributed by atoms with Gasteiger partial charge in [0.15, 0.2) is 0 Å². The summed E-state index contributed by atoms with van der Waals surface area (Å²) < 4.78 is 27.9. The number of nitrogens with zero attached hydrogens (tertiary/aromatic N) is 4. The van der Waals surface area contributed by atoms with Crippen LogP contribution < -0.4 is 9.62 Å². The Balaban J connectivity index is 1.75. The molecule has 1 aromatic carbocycles. The summed E-state index contributed by atoms with van der Waals surface area (Å²) in [6.45, 7) is 8.23. The molecule has 1 aliphatic heterocycles. The number of aromatic nitrogens is 1. The van der Waals surface area contributed by atoms with Gasteiger partial charge in [0.1, 0.15) is 5.69 Å². The Morgan fingerprint density at radius 1 is 1.30 bits per heavy atom. The van der Waals surface area contributed by atoms with Crippen LogP contribution in [0.3, 0.4) is 0 Å². The minimum atomic E-state index is -3.86. The number of anilines is 1. The molecular formula is C23H33N5O4S. The van der Waals surface area contributed by atoms with Crippen LogP contribution >= 0.6 is 0 Å². The van der Waals surface area contributed by atoms with Crippen molar-refractivity contribution < 1.29 is 13.3 Å². The first kappa shape index (κ1) is 25.1. The molecule has 0 spiro atoms. The zero-order valence-corrected chi connectivity index (χ0v) is 20.5. The second-order valence-corrected chi connectivity index (χ2v) is 11.5. The van der Waals surface area contributed by atoms with Gasteiger partial charge in [0.05, 0.1) is 9.82 Å². The molecule has 3 rings (SSSR count). The van der Waals surface area contributed by atoms with E-state index in [1.54, 1.807) is 33.0 Å². The van der Waals surface area contributed by atoms with E-state index in [1.807, 2.05) is 23.2 Å². The molecular weight excluding hydrogens is 442 g/mol. The van der Waals surface area contributed by atoms with Gasteiger partial charge in [-0.25, -0.2) is 13.1 Å². The van der Waals surface area contributed by atoms with Crippen molar-refractivity contribution >= 4 is 21.4 Å². The Labute approximate surface area is 196 Å². The molecule has 0 aliphatic carbocycles. The first-order valence-electron chi connectivity index (χ1n) is 11.1. The topological polar surface area (TPSA) is 109 Å². The predicted octanol–water partition coefficient (Wildman–Crippen LogP) is 3.42. The van der Waals surface area contributed by atoms with Crippen LogP contribution in [0.4, 0.5) is 11.4 Å². The lowest BCUT2D eigenvalue weighted by molar-refractivity contribution is -0.384. The molecule has 1 atom stereocenters. The second kappa shape index (κ2) is 10.1. The highest BCUT2D eigenvalue weighted by atomic mass is 32.2. The molecule has 0 radical (unpaired) electrons. The van der Waals surface area contributed by atoms with Crippen LogP contribution in [0.1, 0.15) is 39.2 Å². The predicted molar refractivity (Wildman–Crippen MR) is 129 cm³/mol. The normalized spacial score (nSPS) is 17.4. The standard InChI is InChI=1S/C23H33N5O4S/c1-23(2,3)25-33(31,32)20-9-10-21(22(13-20)28(29)30)27-12-6-8-19(17-27)16-26(4)15-18-7-5-11-24-14-18/h5,7,9-11,13-14,19,25H,6,8,12,15-17H2,1-4H3/t19-/m0/s1. The number of nitro benzene ring substituents is 1. The summed E-state index contributed by atoms with van der Waals surface area (Å²) in [5.41, 5.74) is 0.739. The van der Waals surface area contributed by atoms with Crippen molar-refractivity contribution in [2.75, 3.05) is 31.6 Å². The van der Waals surface area contributed by atoms with E-state index < -0.39 is 20.5 Å². The Morgan fingerprint density at radius 3 is 2.70 bits per heavy atom. The van der Waals surface area contributed by atoms with E-state index in [2.05, 4.69) is 21.7 Å². The summed E-state index contributed by atoms with van der Waals surface area (Å²) >= 11 is 0. The molecule has 180 valence electrons. The molecule has 0 bridgehead atoms. The van der Waals surface area contributed by atoms with Crippen LogP contribution in [0, 0.1) is 16.0 Å². The second-order valence-electron chi connectivity index (χ2n) is 9.78. The number of nitro groups is 1. The lowest BCUT2D eigenvalue weighted by Gasteiger charge is -2.36. The summed E-state index contributed by atoms with van der Waals surface area (Å²) in [6, 6.07) is 8.16. The van der Waals surface area contributed by atoms with E-state index in [1.165, 1.54) is 12.1 Å². The van der Waals surface area contributed by atoms with Crippen LogP contribution in [-0.2, 0) is 16.6 Å². The Morgan fingerprint density at radius 2 is 2.06 bits per heavy atom. The van der Waals surface area contributed by atoms with Gasteiger partial charge in [-0.3, -0.25) is 15.1 Å². The van der Waals surface area contributed by atoms with Crippen molar-refractivity contribution in [2.45, 2.75) is 50.6 Å². The molecule has 2 aromatic rings. The lowest BCUT2D eigenvalue weighted by Crippen LogP contribution is -2.41. The number of benzene rings is 1. The van der Waals surface area contributed by atoms with Crippen molar-refractivity contribution in [1.82, 2.24) is 14.6 Å². The van der Waals surface area contributed by atoms with Gasteiger partial charge < -0.3 is 9.80 Å². The molecule has 0 saturated carbocycles. The number of rotatable bonds is 8. The Hall–Kier alpha value is -2.56. The molecule has 1 N–H and O–H groups in total. The SMILES string of the molecule is CN(Cc1cccnc1)C[C@@H]1CCCN(c2ccc(S(=O)(=O)NC(C)(C)C)cc2[N+](=O)[O-])C1. The Bertz CT molecular complexity index is 1070. The van der Waals surface area contributed by atoms with Gasteiger partial charge in [-0.05, 0) is 70.3 Å². The maximum Gasteiger partial charge on any atom is 0.293 e. The summed E-state index contributed by atoms with van der Waals surface area (Å²) in [5.74, 6) is 0.353. The van der Waals surface area contributed by atoms with Crippen molar-refractivity contribution in [3.63, 3.8) is 0 Å². The van der Waals surface area contributed by atoms with Gasteiger partial charge in [-0.1, -0.05) is 6.07 Å². The van der Waals surface area contributed by atoms with Crippen LogP contribution in [0.25, 0.3) is 0 Å². The van der Waals surface area contributed by atoms with Gasteiger partial charge in [0, 0.05) is 50.2 Å². The third-order valence-electron chi connectivity index (χ3n) is 5.50.